The maximum atomic E-state index is 11.8. The summed E-state index contributed by atoms with van der Waals surface area (Å²) in [4.78, 5) is 16.3. The number of amides is 2. The molecule has 1 unspecified atom stereocenters. The number of thiazole rings is 1. The SMILES string of the molecule is CCc1nc(C(C)NC(=O)Nc2ccnn2C)cs1. The van der Waals surface area contributed by atoms with Gasteiger partial charge in [0.2, 0.25) is 0 Å². The van der Waals surface area contributed by atoms with Gasteiger partial charge in [-0.3, -0.25) is 10.00 Å². The number of aromatic nitrogens is 3. The van der Waals surface area contributed by atoms with E-state index in [-0.39, 0.29) is 12.1 Å². The van der Waals surface area contributed by atoms with Crippen LogP contribution in [-0.4, -0.2) is 20.8 Å². The van der Waals surface area contributed by atoms with Crippen molar-refractivity contribution in [1.29, 1.82) is 0 Å². The third-order valence-electron chi connectivity index (χ3n) is 2.73. The summed E-state index contributed by atoms with van der Waals surface area (Å²) in [7, 11) is 1.77. The molecule has 2 amide bonds. The normalized spacial score (nSPS) is 12.2. The Morgan fingerprint density at radius 2 is 2.37 bits per heavy atom. The topological polar surface area (TPSA) is 71.8 Å². The molecule has 1 atom stereocenters. The van der Waals surface area contributed by atoms with Crippen molar-refractivity contribution in [1.82, 2.24) is 20.1 Å². The van der Waals surface area contributed by atoms with Crippen molar-refractivity contribution in [2.75, 3.05) is 5.32 Å². The van der Waals surface area contributed by atoms with Gasteiger partial charge in [0.15, 0.2) is 0 Å². The van der Waals surface area contributed by atoms with Crippen LogP contribution < -0.4 is 10.6 Å². The molecule has 0 aliphatic rings. The summed E-state index contributed by atoms with van der Waals surface area (Å²) in [5.74, 6) is 0.650. The van der Waals surface area contributed by atoms with E-state index in [4.69, 9.17) is 0 Å². The summed E-state index contributed by atoms with van der Waals surface area (Å²) in [6, 6.07) is 1.36. The van der Waals surface area contributed by atoms with Crippen LogP contribution in [0.3, 0.4) is 0 Å². The fraction of sp³-hybridized carbons (Fsp3) is 0.417. The lowest BCUT2D eigenvalue weighted by molar-refractivity contribution is 0.249. The van der Waals surface area contributed by atoms with Crippen LogP contribution in [-0.2, 0) is 13.5 Å². The summed E-state index contributed by atoms with van der Waals surface area (Å²) < 4.78 is 1.60. The maximum absolute atomic E-state index is 11.8. The number of carbonyl (C=O) groups excluding carboxylic acids is 1. The molecule has 0 aliphatic carbocycles. The number of hydrogen-bond acceptors (Lipinski definition) is 4. The molecular weight excluding hydrogens is 262 g/mol. The molecule has 19 heavy (non-hydrogen) atoms. The monoisotopic (exact) mass is 279 g/mol. The standard InChI is InChI=1S/C12H17N5OS/c1-4-11-15-9(7-19-11)8(2)14-12(18)16-10-5-6-13-17(10)3/h5-8H,4H2,1-3H3,(H2,14,16,18). The number of carbonyl (C=O) groups is 1. The van der Waals surface area contributed by atoms with Gasteiger partial charge in [-0.05, 0) is 13.3 Å². The molecule has 0 bridgehead atoms. The van der Waals surface area contributed by atoms with Crippen LogP contribution in [0.4, 0.5) is 10.6 Å². The third-order valence-corrected chi connectivity index (χ3v) is 3.74. The lowest BCUT2D eigenvalue weighted by atomic mass is 10.3. The van der Waals surface area contributed by atoms with Gasteiger partial charge in [0.05, 0.1) is 22.9 Å². The Morgan fingerprint density at radius 1 is 1.58 bits per heavy atom. The van der Waals surface area contributed by atoms with Crippen molar-refractivity contribution in [3.63, 3.8) is 0 Å². The quantitative estimate of drug-likeness (QED) is 0.902. The number of anilines is 1. The summed E-state index contributed by atoms with van der Waals surface area (Å²) in [5, 5.41) is 12.6. The van der Waals surface area contributed by atoms with Crippen molar-refractivity contribution in [3.05, 3.63) is 28.3 Å². The van der Waals surface area contributed by atoms with Crippen LogP contribution in [0.2, 0.25) is 0 Å². The molecule has 2 aromatic heterocycles. The van der Waals surface area contributed by atoms with Gasteiger partial charge >= 0.3 is 6.03 Å². The molecular formula is C12H17N5OS. The highest BCUT2D eigenvalue weighted by atomic mass is 32.1. The highest BCUT2D eigenvalue weighted by Gasteiger charge is 2.13. The van der Waals surface area contributed by atoms with Crippen LogP contribution in [0.5, 0.6) is 0 Å². The molecule has 0 spiro atoms. The first-order chi connectivity index (χ1) is 9.10. The first kappa shape index (κ1) is 13.5. The Labute approximate surface area is 115 Å². The zero-order valence-corrected chi connectivity index (χ0v) is 12.0. The average molecular weight is 279 g/mol. The number of urea groups is 1. The van der Waals surface area contributed by atoms with Gasteiger partial charge in [-0.15, -0.1) is 11.3 Å². The Balaban J connectivity index is 1.93. The number of nitrogens with zero attached hydrogens (tertiary/aromatic N) is 3. The van der Waals surface area contributed by atoms with E-state index in [0.29, 0.717) is 5.82 Å². The van der Waals surface area contributed by atoms with E-state index < -0.39 is 0 Å². The molecule has 2 heterocycles. The van der Waals surface area contributed by atoms with E-state index in [1.54, 1.807) is 35.3 Å². The highest BCUT2D eigenvalue weighted by Crippen LogP contribution is 2.17. The lowest BCUT2D eigenvalue weighted by Crippen LogP contribution is -2.32. The molecule has 0 saturated heterocycles. The predicted octanol–water partition coefficient (Wildman–Crippen LogP) is 2.32. The van der Waals surface area contributed by atoms with Gasteiger partial charge in [-0.2, -0.15) is 5.10 Å². The van der Waals surface area contributed by atoms with Crippen LogP contribution in [0, 0.1) is 0 Å². The molecule has 7 heteroatoms. The first-order valence-electron chi connectivity index (χ1n) is 6.10. The van der Waals surface area contributed by atoms with Crippen molar-refractivity contribution in [3.8, 4) is 0 Å². The van der Waals surface area contributed by atoms with Gasteiger partial charge < -0.3 is 5.32 Å². The Hall–Kier alpha value is -1.89. The smallest absolute Gasteiger partial charge is 0.320 e. The number of rotatable bonds is 4. The van der Waals surface area contributed by atoms with Crippen molar-refractivity contribution in [2.24, 2.45) is 7.05 Å². The van der Waals surface area contributed by atoms with Gasteiger partial charge in [0.25, 0.3) is 0 Å². The van der Waals surface area contributed by atoms with Crippen LogP contribution >= 0.6 is 11.3 Å². The third kappa shape index (κ3) is 3.31. The second-order valence-electron chi connectivity index (χ2n) is 4.18. The summed E-state index contributed by atoms with van der Waals surface area (Å²) in [6.07, 6.45) is 2.55. The van der Waals surface area contributed by atoms with E-state index in [0.717, 1.165) is 17.1 Å². The molecule has 6 nitrogen and oxygen atoms in total. The van der Waals surface area contributed by atoms with Crippen LogP contribution in [0.1, 0.15) is 30.6 Å². The van der Waals surface area contributed by atoms with E-state index in [1.807, 2.05) is 12.3 Å². The van der Waals surface area contributed by atoms with E-state index >= 15 is 0 Å². The average Bonchev–Trinajstić information content (AvgIpc) is 2.99. The maximum Gasteiger partial charge on any atom is 0.320 e. The molecule has 0 fully saturated rings. The van der Waals surface area contributed by atoms with Crippen LogP contribution in [0.15, 0.2) is 17.6 Å². The molecule has 2 aromatic rings. The molecule has 2 N–H and O–H groups in total. The molecule has 102 valence electrons. The molecule has 0 radical (unpaired) electrons. The minimum absolute atomic E-state index is 0.121. The van der Waals surface area contributed by atoms with Crippen molar-refractivity contribution in [2.45, 2.75) is 26.3 Å². The Bertz CT molecular complexity index is 562. The molecule has 2 rings (SSSR count). The number of hydrogen-bond donors (Lipinski definition) is 2. The zero-order valence-electron chi connectivity index (χ0n) is 11.2. The summed E-state index contributed by atoms with van der Waals surface area (Å²) in [6.45, 7) is 3.98. The molecule has 0 aliphatic heterocycles. The number of nitrogens with one attached hydrogen (secondary N) is 2. The second-order valence-corrected chi connectivity index (χ2v) is 5.12. The zero-order chi connectivity index (χ0) is 13.8. The predicted molar refractivity (Wildman–Crippen MR) is 75.3 cm³/mol. The number of aryl methyl sites for hydroxylation is 2. The Morgan fingerprint density at radius 3 is 2.95 bits per heavy atom. The highest BCUT2D eigenvalue weighted by molar-refractivity contribution is 7.09. The summed E-state index contributed by atoms with van der Waals surface area (Å²) in [5.41, 5.74) is 0.891. The second kappa shape index (κ2) is 5.83. The van der Waals surface area contributed by atoms with Gasteiger partial charge in [-0.1, -0.05) is 6.92 Å². The largest absolute Gasteiger partial charge is 0.330 e. The van der Waals surface area contributed by atoms with Crippen molar-refractivity contribution >= 4 is 23.2 Å². The van der Waals surface area contributed by atoms with E-state index in [1.165, 1.54) is 0 Å². The minimum Gasteiger partial charge on any atom is -0.330 e. The van der Waals surface area contributed by atoms with E-state index in [2.05, 4.69) is 27.6 Å². The van der Waals surface area contributed by atoms with Gasteiger partial charge in [-0.25, -0.2) is 9.78 Å². The summed E-state index contributed by atoms with van der Waals surface area (Å²) >= 11 is 1.62. The van der Waals surface area contributed by atoms with Crippen LogP contribution in [0.25, 0.3) is 0 Å². The fourth-order valence-corrected chi connectivity index (χ4v) is 2.44. The minimum atomic E-state index is -0.262. The molecule has 0 saturated carbocycles. The van der Waals surface area contributed by atoms with Gasteiger partial charge in [0.1, 0.15) is 5.82 Å². The molecule has 0 aromatic carbocycles. The lowest BCUT2D eigenvalue weighted by Gasteiger charge is -2.12. The fourth-order valence-electron chi connectivity index (χ4n) is 1.61. The van der Waals surface area contributed by atoms with E-state index in [9.17, 15) is 4.79 Å². The van der Waals surface area contributed by atoms with Crippen molar-refractivity contribution < 1.29 is 4.79 Å². The first-order valence-corrected chi connectivity index (χ1v) is 6.98. The Kier molecular flexibility index (Phi) is 4.16. The van der Waals surface area contributed by atoms with Gasteiger partial charge in [0, 0.05) is 18.5 Å².